The van der Waals surface area contributed by atoms with Crippen LogP contribution in [0.2, 0.25) is 10.0 Å². The first kappa shape index (κ1) is 31.5. The van der Waals surface area contributed by atoms with E-state index in [0.29, 0.717) is 22.0 Å². The van der Waals surface area contributed by atoms with E-state index in [1.165, 1.54) is 23.1 Å². The summed E-state index contributed by atoms with van der Waals surface area (Å²) in [5.41, 5.74) is 1.77. The van der Waals surface area contributed by atoms with E-state index >= 15 is 0 Å². The topological polar surface area (TPSA) is 86.8 Å². The lowest BCUT2D eigenvalue weighted by Gasteiger charge is -2.34. The zero-order valence-electron chi connectivity index (χ0n) is 23.1. The first-order valence-electron chi connectivity index (χ1n) is 13.2. The Morgan fingerprint density at radius 1 is 0.925 bits per heavy atom. The molecule has 10 heteroatoms. The summed E-state index contributed by atoms with van der Waals surface area (Å²) in [7, 11) is -4.17. The second-order valence-electron chi connectivity index (χ2n) is 9.66. The fourth-order valence-corrected chi connectivity index (χ4v) is 5.95. The summed E-state index contributed by atoms with van der Waals surface area (Å²) in [5.74, 6) is -0.866. The van der Waals surface area contributed by atoms with Crippen molar-refractivity contribution in [2.75, 3.05) is 10.8 Å². The number of hydrogen-bond acceptors (Lipinski definition) is 4. The minimum absolute atomic E-state index is 0.0267. The van der Waals surface area contributed by atoms with E-state index in [2.05, 4.69) is 5.32 Å². The third-order valence-corrected chi connectivity index (χ3v) is 9.06. The Hall–Kier alpha value is -3.07. The molecule has 0 aliphatic heterocycles. The number of aryl methyl sites for hydroxylation is 1. The van der Waals surface area contributed by atoms with E-state index in [9.17, 15) is 18.0 Å². The van der Waals surface area contributed by atoms with Gasteiger partial charge in [0.05, 0.1) is 10.6 Å². The Morgan fingerprint density at radius 3 is 2.20 bits per heavy atom. The quantitative estimate of drug-likeness (QED) is 0.266. The average Bonchev–Trinajstić information content (AvgIpc) is 2.92. The number of amides is 2. The van der Waals surface area contributed by atoms with Gasteiger partial charge < -0.3 is 10.2 Å². The molecule has 3 rings (SSSR count). The van der Waals surface area contributed by atoms with Gasteiger partial charge in [-0.25, -0.2) is 8.42 Å². The number of nitrogens with zero attached hydrogens (tertiary/aromatic N) is 2. The van der Waals surface area contributed by atoms with Gasteiger partial charge in [0, 0.05) is 22.6 Å². The number of carbonyl (C=O) groups excluding carboxylic acids is 2. The molecule has 0 bridgehead atoms. The fourth-order valence-electron chi connectivity index (χ4n) is 4.17. The van der Waals surface area contributed by atoms with Crippen LogP contribution >= 0.6 is 23.2 Å². The zero-order valence-corrected chi connectivity index (χ0v) is 25.4. The van der Waals surface area contributed by atoms with E-state index in [0.717, 1.165) is 16.3 Å². The van der Waals surface area contributed by atoms with Gasteiger partial charge in [-0.15, -0.1) is 0 Å². The Kier molecular flexibility index (Phi) is 11.0. The molecule has 0 spiro atoms. The summed E-state index contributed by atoms with van der Waals surface area (Å²) in [6.45, 7) is 6.99. The normalized spacial score (nSPS) is 12.8. The summed E-state index contributed by atoms with van der Waals surface area (Å²) in [6.07, 6.45) is 1.04. The predicted octanol–water partition coefficient (Wildman–Crippen LogP) is 6.22. The second kappa shape index (κ2) is 14.0. The molecule has 0 aromatic heterocycles. The van der Waals surface area contributed by atoms with Crippen LogP contribution in [0.4, 0.5) is 5.69 Å². The van der Waals surface area contributed by atoms with Crippen LogP contribution in [-0.2, 0) is 26.2 Å². The van der Waals surface area contributed by atoms with E-state index < -0.39 is 28.5 Å². The maximum Gasteiger partial charge on any atom is 0.264 e. The molecular weight excluding hydrogens is 569 g/mol. The van der Waals surface area contributed by atoms with Crippen LogP contribution in [0.15, 0.2) is 77.7 Å². The van der Waals surface area contributed by atoms with Crippen LogP contribution in [0.25, 0.3) is 0 Å². The molecule has 2 atom stereocenters. The highest BCUT2D eigenvalue weighted by atomic mass is 35.5. The molecule has 7 nitrogen and oxygen atoms in total. The number of sulfonamides is 1. The first-order valence-corrected chi connectivity index (χ1v) is 15.4. The molecule has 2 amide bonds. The molecule has 0 unspecified atom stereocenters. The first-order chi connectivity index (χ1) is 19.0. The van der Waals surface area contributed by atoms with Gasteiger partial charge in [0.2, 0.25) is 11.8 Å². The molecule has 3 aromatic carbocycles. The van der Waals surface area contributed by atoms with Crippen molar-refractivity contribution in [1.29, 1.82) is 0 Å². The van der Waals surface area contributed by atoms with Gasteiger partial charge in [-0.1, -0.05) is 79.0 Å². The highest BCUT2D eigenvalue weighted by molar-refractivity contribution is 7.92. The molecule has 214 valence electrons. The molecule has 3 aromatic rings. The molecule has 1 N–H and O–H groups in total. The van der Waals surface area contributed by atoms with Gasteiger partial charge in [-0.05, 0) is 68.7 Å². The monoisotopic (exact) mass is 603 g/mol. The van der Waals surface area contributed by atoms with Crippen molar-refractivity contribution in [3.05, 3.63) is 94.0 Å². The molecule has 0 fully saturated rings. The number of rotatable bonds is 12. The van der Waals surface area contributed by atoms with Gasteiger partial charge >= 0.3 is 0 Å². The molecule has 0 aliphatic rings. The number of halogens is 2. The van der Waals surface area contributed by atoms with Gasteiger partial charge in [-0.3, -0.25) is 13.9 Å². The molecule has 40 heavy (non-hydrogen) atoms. The standard InChI is InChI=1S/C30H35Cl2N3O4S/c1-5-22(4)33-30(37)28(6-2)34(19-23-10-7-8-13-27(23)32)29(36)20-35(25-12-9-11-24(31)18-25)40(38,39)26-16-14-21(3)15-17-26/h7-18,22,28H,5-6,19-20H2,1-4H3,(H,33,37)/t22-,28+/m0/s1. The molecular formula is C30H35Cl2N3O4S. The van der Waals surface area contributed by atoms with Crippen molar-refractivity contribution in [3.8, 4) is 0 Å². The summed E-state index contributed by atoms with van der Waals surface area (Å²) in [6, 6.07) is 18.8. The zero-order chi connectivity index (χ0) is 29.4. The van der Waals surface area contributed by atoms with Gasteiger partial charge in [0.1, 0.15) is 12.6 Å². The van der Waals surface area contributed by atoms with Gasteiger partial charge in [0.25, 0.3) is 10.0 Å². The van der Waals surface area contributed by atoms with Crippen molar-refractivity contribution in [2.24, 2.45) is 0 Å². The highest BCUT2D eigenvalue weighted by Gasteiger charge is 2.34. The Morgan fingerprint density at radius 2 is 1.60 bits per heavy atom. The van der Waals surface area contributed by atoms with Crippen LogP contribution in [0.5, 0.6) is 0 Å². The van der Waals surface area contributed by atoms with Crippen LogP contribution in [0.3, 0.4) is 0 Å². The summed E-state index contributed by atoms with van der Waals surface area (Å²) < 4.78 is 28.8. The van der Waals surface area contributed by atoms with Crippen LogP contribution in [0, 0.1) is 6.92 Å². The number of anilines is 1. The summed E-state index contributed by atoms with van der Waals surface area (Å²) in [5, 5.41) is 3.72. The predicted molar refractivity (Wildman–Crippen MR) is 161 cm³/mol. The molecule has 0 saturated heterocycles. The van der Waals surface area contributed by atoms with Crippen molar-refractivity contribution < 1.29 is 18.0 Å². The SMILES string of the molecule is CC[C@H](C(=O)N[C@@H](C)CC)N(Cc1ccccc1Cl)C(=O)CN(c1cccc(Cl)c1)S(=O)(=O)c1ccc(C)cc1. The summed E-state index contributed by atoms with van der Waals surface area (Å²) >= 11 is 12.7. The smallest absolute Gasteiger partial charge is 0.264 e. The Bertz CT molecular complexity index is 1430. The van der Waals surface area contributed by atoms with Crippen molar-refractivity contribution in [2.45, 2.75) is 64.1 Å². The highest BCUT2D eigenvalue weighted by Crippen LogP contribution is 2.28. The molecule has 0 saturated carbocycles. The fraction of sp³-hybridized carbons (Fsp3) is 0.333. The Labute approximate surface area is 247 Å². The van der Waals surface area contributed by atoms with E-state index in [-0.39, 0.29) is 29.1 Å². The van der Waals surface area contributed by atoms with Crippen LogP contribution in [0.1, 0.15) is 44.7 Å². The number of benzene rings is 3. The maximum atomic E-state index is 14.1. The van der Waals surface area contributed by atoms with Crippen molar-refractivity contribution >= 4 is 50.7 Å². The van der Waals surface area contributed by atoms with Crippen molar-refractivity contribution in [1.82, 2.24) is 10.2 Å². The molecule has 0 heterocycles. The number of hydrogen-bond donors (Lipinski definition) is 1. The minimum Gasteiger partial charge on any atom is -0.352 e. The van der Waals surface area contributed by atoms with Gasteiger partial charge in [-0.2, -0.15) is 0 Å². The minimum atomic E-state index is -4.17. The lowest BCUT2D eigenvalue weighted by atomic mass is 10.1. The average molecular weight is 605 g/mol. The summed E-state index contributed by atoms with van der Waals surface area (Å²) in [4.78, 5) is 28.8. The maximum absolute atomic E-state index is 14.1. The van der Waals surface area contributed by atoms with Crippen molar-refractivity contribution in [3.63, 3.8) is 0 Å². The third kappa shape index (κ3) is 7.77. The largest absolute Gasteiger partial charge is 0.352 e. The van der Waals surface area contributed by atoms with Gasteiger partial charge in [0.15, 0.2) is 0 Å². The number of nitrogens with one attached hydrogen (secondary N) is 1. The van der Waals surface area contributed by atoms with Crippen LogP contribution in [-0.4, -0.2) is 43.8 Å². The lowest BCUT2D eigenvalue weighted by Crippen LogP contribution is -2.53. The van der Waals surface area contributed by atoms with E-state index in [4.69, 9.17) is 23.2 Å². The van der Waals surface area contributed by atoms with Crippen LogP contribution < -0.4 is 9.62 Å². The van der Waals surface area contributed by atoms with E-state index in [1.807, 2.05) is 27.7 Å². The Balaban J connectivity index is 2.07. The molecule has 0 radical (unpaired) electrons. The third-order valence-electron chi connectivity index (χ3n) is 6.67. The van der Waals surface area contributed by atoms with E-state index in [1.54, 1.807) is 54.6 Å². The second-order valence-corrected chi connectivity index (χ2v) is 12.4. The molecule has 0 aliphatic carbocycles. The lowest BCUT2D eigenvalue weighted by molar-refractivity contribution is -0.140. The number of carbonyl (C=O) groups is 2.